The molecular weight excluding hydrogens is 258 g/mol. The third-order valence-corrected chi connectivity index (χ3v) is 4.30. The average molecular weight is 285 g/mol. The summed E-state index contributed by atoms with van der Waals surface area (Å²) in [4.78, 5) is 2.34. The molecule has 114 valence electrons. The second-order valence-corrected chi connectivity index (χ2v) is 6.46. The van der Waals surface area contributed by atoms with E-state index in [9.17, 15) is 5.26 Å². The standard InChI is InChI=1S/C18H27N3/c1-5-21(17-9-7-6-8-15(17)4)13-18(12-19,16-10-11-16)20-14(2)3/h6-9,14,16,20H,5,10-11,13H2,1-4H3. The number of nitriles is 1. The van der Waals surface area contributed by atoms with Gasteiger partial charge in [-0.3, -0.25) is 5.32 Å². The molecule has 3 heteroatoms. The molecular formula is C18H27N3. The maximum absolute atomic E-state index is 9.86. The number of aryl methyl sites for hydroxylation is 1. The molecule has 1 fully saturated rings. The lowest BCUT2D eigenvalue weighted by atomic mass is 9.92. The first-order valence-corrected chi connectivity index (χ1v) is 8.02. The minimum atomic E-state index is -0.424. The second kappa shape index (κ2) is 6.49. The van der Waals surface area contributed by atoms with Crippen molar-refractivity contribution in [3.63, 3.8) is 0 Å². The lowest BCUT2D eigenvalue weighted by Gasteiger charge is -2.37. The van der Waals surface area contributed by atoms with Crippen molar-refractivity contribution in [1.29, 1.82) is 5.26 Å². The zero-order valence-corrected chi connectivity index (χ0v) is 13.7. The van der Waals surface area contributed by atoms with E-state index in [0.29, 0.717) is 12.0 Å². The monoisotopic (exact) mass is 285 g/mol. The molecule has 0 spiro atoms. The van der Waals surface area contributed by atoms with Crippen molar-refractivity contribution in [2.24, 2.45) is 5.92 Å². The Morgan fingerprint density at radius 3 is 2.52 bits per heavy atom. The SMILES string of the molecule is CCN(CC(C#N)(NC(C)C)C1CC1)c1ccccc1C. The van der Waals surface area contributed by atoms with Crippen molar-refractivity contribution >= 4 is 5.69 Å². The summed E-state index contributed by atoms with van der Waals surface area (Å²) in [5.74, 6) is 0.489. The van der Waals surface area contributed by atoms with Gasteiger partial charge in [-0.05, 0) is 58.1 Å². The van der Waals surface area contributed by atoms with Crippen molar-refractivity contribution in [1.82, 2.24) is 5.32 Å². The first-order chi connectivity index (χ1) is 10.0. The quantitative estimate of drug-likeness (QED) is 0.833. The van der Waals surface area contributed by atoms with Crippen LogP contribution in [-0.2, 0) is 0 Å². The smallest absolute Gasteiger partial charge is 0.127 e. The molecule has 1 aliphatic carbocycles. The molecule has 0 aliphatic heterocycles. The van der Waals surface area contributed by atoms with E-state index in [1.54, 1.807) is 0 Å². The van der Waals surface area contributed by atoms with Gasteiger partial charge in [0.2, 0.25) is 0 Å². The molecule has 3 nitrogen and oxygen atoms in total. The van der Waals surface area contributed by atoms with Crippen LogP contribution in [0, 0.1) is 24.2 Å². The number of hydrogen-bond donors (Lipinski definition) is 1. The Morgan fingerprint density at radius 1 is 1.38 bits per heavy atom. The number of anilines is 1. The molecule has 0 aromatic heterocycles. The highest BCUT2D eigenvalue weighted by Crippen LogP contribution is 2.41. The van der Waals surface area contributed by atoms with Gasteiger partial charge in [0.05, 0.1) is 6.07 Å². The van der Waals surface area contributed by atoms with E-state index in [0.717, 1.165) is 13.1 Å². The molecule has 0 saturated heterocycles. The highest BCUT2D eigenvalue weighted by Gasteiger charge is 2.47. The number of para-hydroxylation sites is 1. The van der Waals surface area contributed by atoms with E-state index < -0.39 is 5.54 Å². The Labute approximate surface area is 129 Å². The first kappa shape index (κ1) is 15.9. The second-order valence-electron chi connectivity index (χ2n) is 6.46. The van der Waals surface area contributed by atoms with Crippen LogP contribution in [0.25, 0.3) is 0 Å². The summed E-state index contributed by atoms with van der Waals surface area (Å²) in [6, 6.07) is 11.4. The fourth-order valence-electron chi connectivity index (χ4n) is 3.13. The van der Waals surface area contributed by atoms with E-state index in [4.69, 9.17) is 0 Å². The molecule has 1 saturated carbocycles. The normalized spacial score (nSPS) is 17.3. The summed E-state index contributed by atoms with van der Waals surface area (Å²) in [5, 5.41) is 13.4. The van der Waals surface area contributed by atoms with Gasteiger partial charge in [-0.2, -0.15) is 5.26 Å². The van der Waals surface area contributed by atoms with Crippen LogP contribution < -0.4 is 10.2 Å². The zero-order valence-electron chi connectivity index (χ0n) is 13.7. The highest BCUT2D eigenvalue weighted by molar-refractivity contribution is 5.53. The molecule has 21 heavy (non-hydrogen) atoms. The van der Waals surface area contributed by atoms with Gasteiger partial charge in [0.15, 0.2) is 0 Å². The topological polar surface area (TPSA) is 39.1 Å². The lowest BCUT2D eigenvalue weighted by molar-refractivity contribution is 0.336. The van der Waals surface area contributed by atoms with Gasteiger partial charge in [-0.25, -0.2) is 0 Å². The molecule has 1 unspecified atom stereocenters. The van der Waals surface area contributed by atoms with Crippen molar-refractivity contribution in [3.05, 3.63) is 29.8 Å². The fourth-order valence-corrected chi connectivity index (χ4v) is 3.13. The van der Waals surface area contributed by atoms with E-state index in [1.165, 1.54) is 24.1 Å². The van der Waals surface area contributed by atoms with Gasteiger partial charge >= 0.3 is 0 Å². The van der Waals surface area contributed by atoms with Crippen LogP contribution in [0.2, 0.25) is 0 Å². The van der Waals surface area contributed by atoms with E-state index >= 15 is 0 Å². The van der Waals surface area contributed by atoms with Crippen molar-refractivity contribution < 1.29 is 0 Å². The molecule has 1 atom stereocenters. The predicted molar refractivity (Wildman–Crippen MR) is 88.4 cm³/mol. The van der Waals surface area contributed by atoms with Crippen molar-refractivity contribution in [2.45, 2.75) is 52.1 Å². The van der Waals surface area contributed by atoms with Crippen LogP contribution in [0.4, 0.5) is 5.69 Å². The molecule has 0 radical (unpaired) electrons. The summed E-state index contributed by atoms with van der Waals surface area (Å²) in [6.45, 7) is 10.2. The minimum absolute atomic E-state index is 0.320. The molecule has 2 rings (SSSR count). The molecule has 1 N–H and O–H groups in total. The number of benzene rings is 1. The summed E-state index contributed by atoms with van der Waals surface area (Å²) >= 11 is 0. The molecule has 0 bridgehead atoms. The van der Waals surface area contributed by atoms with Crippen LogP contribution in [-0.4, -0.2) is 24.7 Å². The van der Waals surface area contributed by atoms with Crippen LogP contribution >= 0.6 is 0 Å². The van der Waals surface area contributed by atoms with Gasteiger partial charge in [0.1, 0.15) is 5.54 Å². The molecule has 0 heterocycles. The zero-order chi connectivity index (χ0) is 15.5. The molecule has 0 amide bonds. The number of hydrogen-bond acceptors (Lipinski definition) is 3. The third-order valence-electron chi connectivity index (χ3n) is 4.30. The summed E-state index contributed by atoms with van der Waals surface area (Å²) < 4.78 is 0. The average Bonchev–Trinajstić information content (AvgIpc) is 3.29. The highest BCUT2D eigenvalue weighted by atomic mass is 15.2. The fraction of sp³-hybridized carbons (Fsp3) is 0.611. The van der Waals surface area contributed by atoms with Gasteiger partial charge < -0.3 is 4.90 Å². The molecule has 1 aromatic rings. The van der Waals surface area contributed by atoms with Crippen LogP contribution in [0.5, 0.6) is 0 Å². The Kier molecular flexibility index (Phi) is 4.90. The predicted octanol–water partition coefficient (Wildman–Crippen LogP) is 3.49. The summed E-state index contributed by atoms with van der Waals surface area (Å²) in [7, 11) is 0. The van der Waals surface area contributed by atoms with E-state index in [1.807, 2.05) is 0 Å². The first-order valence-electron chi connectivity index (χ1n) is 8.02. The van der Waals surface area contributed by atoms with Crippen molar-refractivity contribution in [2.75, 3.05) is 18.0 Å². The number of nitrogens with one attached hydrogen (secondary N) is 1. The number of nitrogens with zero attached hydrogens (tertiary/aromatic N) is 2. The van der Waals surface area contributed by atoms with Gasteiger partial charge in [-0.1, -0.05) is 18.2 Å². The van der Waals surface area contributed by atoms with E-state index in [2.05, 4.69) is 68.2 Å². The minimum Gasteiger partial charge on any atom is -0.369 e. The number of rotatable bonds is 7. The Morgan fingerprint density at radius 2 is 2.05 bits per heavy atom. The summed E-state index contributed by atoms with van der Waals surface area (Å²) in [6.07, 6.45) is 2.33. The van der Waals surface area contributed by atoms with Crippen molar-refractivity contribution in [3.8, 4) is 6.07 Å². The van der Waals surface area contributed by atoms with Crippen LogP contribution in [0.1, 0.15) is 39.2 Å². The maximum Gasteiger partial charge on any atom is 0.127 e. The molecule has 1 aromatic carbocycles. The van der Waals surface area contributed by atoms with Crippen LogP contribution in [0.15, 0.2) is 24.3 Å². The maximum atomic E-state index is 9.86. The Hall–Kier alpha value is -1.53. The number of likely N-dealkylation sites (N-methyl/N-ethyl adjacent to an activating group) is 1. The lowest BCUT2D eigenvalue weighted by Crippen LogP contribution is -2.56. The van der Waals surface area contributed by atoms with Gasteiger partial charge in [-0.15, -0.1) is 0 Å². The van der Waals surface area contributed by atoms with Crippen LogP contribution in [0.3, 0.4) is 0 Å². The summed E-state index contributed by atoms with van der Waals surface area (Å²) in [5.41, 5.74) is 2.09. The third kappa shape index (κ3) is 3.57. The largest absolute Gasteiger partial charge is 0.369 e. The Bertz CT molecular complexity index is 513. The van der Waals surface area contributed by atoms with E-state index in [-0.39, 0.29) is 0 Å². The molecule has 1 aliphatic rings. The Balaban J connectivity index is 2.26. The van der Waals surface area contributed by atoms with Gasteiger partial charge in [0.25, 0.3) is 0 Å². The van der Waals surface area contributed by atoms with Gasteiger partial charge in [0, 0.05) is 24.8 Å².